The molecular weight excluding hydrogens is 387 g/mol. The minimum Gasteiger partial charge on any atom is -0.370 e. The summed E-state index contributed by atoms with van der Waals surface area (Å²) in [5.74, 6) is 2.22. The Morgan fingerprint density at radius 1 is 1.18 bits per heavy atom. The third-order valence-electron chi connectivity index (χ3n) is 5.45. The quantitative estimate of drug-likeness (QED) is 0.359. The molecule has 2 aliphatic rings. The van der Waals surface area contributed by atoms with Gasteiger partial charge >= 0.3 is 0 Å². The number of nitrogens with one attached hydrogen (secondary N) is 1. The molecule has 130 valence electrons. The van der Waals surface area contributed by atoms with E-state index in [9.17, 15) is 0 Å². The molecule has 0 bridgehead atoms. The molecule has 0 aromatic heterocycles. The fourth-order valence-electron chi connectivity index (χ4n) is 3.66. The number of halogens is 1. The molecular formula is C17H35IN4. The van der Waals surface area contributed by atoms with Crippen molar-refractivity contribution in [2.24, 2.45) is 22.6 Å². The molecule has 2 fully saturated rings. The molecule has 2 rings (SSSR count). The number of rotatable bonds is 8. The molecule has 3 N–H and O–H groups in total. The van der Waals surface area contributed by atoms with E-state index in [-0.39, 0.29) is 24.0 Å². The average molecular weight is 422 g/mol. The van der Waals surface area contributed by atoms with Crippen LogP contribution in [0.3, 0.4) is 0 Å². The first-order chi connectivity index (χ1) is 10.2. The van der Waals surface area contributed by atoms with Gasteiger partial charge in [-0.2, -0.15) is 0 Å². The molecule has 1 atom stereocenters. The zero-order valence-electron chi connectivity index (χ0n) is 14.4. The number of aliphatic imine (C=N–C) groups is 1. The molecule has 0 radical (unpaired) electrons. The van der Waals surface area contributed by atoms with E-state index in [1.54, 1.807) is 0 Å². The van der Waals surface area contributed by atoms with E-state index in [1.165, 1.54) is 58.0 Å². The largest absolute Gasteiger partial charge is 0.370 e. The van der Waals surface area contributed by atoms with Gasteiger partial charge in [0.15, 0.2) is 5.96 Å². The summed E-state index contributed by atoms with van der Waals surface area (Å²) in [7, 11) is 0. The highest BCUT2D eigenvalue weighted by molar-refractivity contribution is 14.0. The number of nitrogens with two attached hydrogens (primary N) is 1. The molecule has 1 aliphatic heterocycles. The van der Waals surface area contributed by atoms with Crippen LogP contribution < -0.4 is 11.1 Å². The molecule has 4 nitrogen and oxygen atoms in total. The lowest BCUT2D eigenvalue weighted by Gasteiger charge is -2.32. The van der Waals surface area contributed by atoms with Crippen molar-refractivity contribution < 1.29 is 0 Å². The van der Waals surface area contributed by atoms with Crippen molar-refractivity contribution in [2.45, 2.75) is 64.8 Å². The molecule has 1 heterocycles. The van der Waals surface area contributed by atoms with E-state index >= 15 is 0 Å². The van der Waals surface area contributed by atoms with Gasteiger partial charge in [0.2, 0.25) is 0 Å². The summed E-state index contributed by atoms with van der Waals surface area (Å²) in [6.07, 6.45) is 9.25. The second kappa shape index (κ2) is 10.7. The summed E-state index contributed by atoms with van der Waals surface area (Å²) in [6.45, 7) is 8.96. The molecule has 1 aliphatic carbocycles. The zero-order valence-corrected chi connectivity index (χ0v) is 16.7. The van der Waals surface area contributed by atoms with Crippen molar-refractivity contribution >= 4 is 29.9 Å². The molecule has 0 spiro atoms. The van der Waals surface area contributed by atoms with Crippen LogP contribution in [-0.2, 0) is 0 Å². The minimum atomic E-state index is 0. The standard InChI is InChI=1S/C17H34N4.HI/c1-3-15(4-2)16(21-10-5-6-11-21)13-20-17(18)19-12-14-8-7-9-14;/h14-16H,3-13H2,1-2H3,(H3,18,19,20);1H. The van der Waals surface area contributed by atoms with Gasteiger partial charge in [-0.1, -0.05) is 33.1 Å². The van der Waals surface area contributed by atoms with Gasteiger partial charge in [-0.15, -0.1) is 24.0 Å². The Morgan fingerprint density at radius 3 is 2.32 bits per heavy atom. The van der Waals surface area contributed by atoms with Crippen molar-refractivity contribution in [3.63, 3.8) is 0 Å². The van der Waals surface area contributed by atoms with Gasteiger partial charge in [0.1, 0.15) is 0 Å². The van der Waals surface area contributed by atoms with Crippen molar-refractivity contribution in [3.8, 4) is 0 Å². The molecule has 0 aromatic rings. The average Bonchev–Trinajstić information content (AvgIpc) is 2.95. The molecule has 1 unspecified atom stereocenters. The topological polar surface area (TPSA) is 53.6 Å². The zero-order chi connectivity index (χ0) is 15.1. The molecule has 1 saturated heterocycles. The summed E-state index contributed by atoms with van der Waals surface area (Å²) in [5, 5.41) is 3.31. The van der Waals surface area contributed by atoms with Gasteiger partial charge in [0, 0.05) is 12.6 Å². The number of hydrogen-bond acceptors (Lipinski definition) is 2. The monoisotopic (exact) mass is 422 g/mol. The highest BCUT2D eigenvalue weighted by Crippen LogP contribution is 2.25. The van der Waals surface area contributed by atoms with Crippen LogP contribution in [0.5, 0.6) is 0 Å². The first-order valence-electron chi connectivity index (χ1n) is 9.02. The van der Waals surface area contributed by atoms with Gasteiger partial charge in [-0.05, 0) is 50.6 Å². The van der Waals surface area contributed by atoms with Gasteiger partial charge < -0.3 is 11.1 Å². The van der Waals surface area contributed by atoms with E-state index in [1.807, 2.05) is 0 Å². The lowest BCUT2D eigenvalue weighted by atomic mass is 9.85. The molecule has 5 heteroatoms. The summed E-state index contributed by atoms with van der Waals surface area (Å²) in [6, 6.07) is 0.576. The van der Waals surface area contributed by atoms with Gasteiger partial charge in [-0.25, -0.2) is 0 Å². The van der Waals surface area contributed by atoms with Gasteiger partial charge in [0.25, 0.3) is 0 Å². The van der Waals surface area contributed by atoms with Crippen LogP contribution in [-0.4, -0.2) is 43.1 Å². The van der Waals surface area contributed by atoms with Gasteiger partial charge in [-0.3, -0.25) is 9.89 Å². The normalized spacial score (nSPS) is 21.5. The smallest absolute Gasteiger partial charge is 0.188 e. The molecule has 0 aromatic carbocycles. The SMILES string of the molecule is CCC(CC)C(CN=C(N)NCC1CCC1)N1CCCC1.I. The van der Waals surface area contributed by atoms with Gasteiger partial charge in [0.05, 0.1) is 6.54 Å². The highest BCUT2D eigenvalue weighted by atomic mass is 127. The Morgan fingerprint density at radius 2 is 1.82 bits per heavy atom. The molecule has 22 heavy (non-hydrogen) atoms. The Kier molecular flexibility index (Phi) is 9.71. The molecule has 0 amide bonds. The predicted molar refractivity (Wildman–Crippen MR) is 106 cm³/mol. The van der Waals surface area contributed by atoms with Crippen LogP contribution in [0.15, 0.2) is 4.99 Å². The summed E-state index contributed by atoms with van der Waals surface area (Å²) in [5.41, 5.74) is 6.05. The van der Waals surface area contributed by atoms with Crippen molar-refractivity contribution in [1.82, 2.24) is 10.2 Å². The van der Waals surface area contributed by atoms with E-state index in [0.29, 0.717) is 12.0 Å². The van der Waals surface area contributed by atoms with Crippen LogP contribution in [0.4, 0.5) is 0 Å². The lowest BCUT2D eigenvalue weighted by Crippen LogP contribution is -2.43. The number of nitrogens with zero attached hydrogens (tertiary/aromatic N) is 2. The number of likely N-dealkylation sites (tertiary alicyclic amines) is 1. The summed E-state index contributed by atoms with van der Waals surface area (Å²) < 4.78 is 0. The van der Waals surface area contributed by atoms with Crippen LogP contribution in [0.1, 0.15) is 58.8 Å². The van der Waals surface area contributed by atoms with Crippen molar-refractivity contribution in [2.75, 3.05) is 26.2 Å². The van der Waals surface area contributed by atoms with Crippen LogP contribution >= 0.6 is 24.0 Å². The van der Waals surface area contributed by atoms with E-state index in [0.717, 1.165) is 24.9 Å². The van der Waals surface area contributed by atoms with E-state index < -0.39 is 0 Å². The second-order valence-electron chi connectivity index (χ2n) is 6.79. The third-order valence-corrected chi connectivity index (χ3v) is 5.45. The highest BCUT2D eigenvalue weighted by Gasteiger charge is 2.27. The fourth-order valence-corrected chi connectivity index (χ4v) is 3.66. The Balaban J connectivity index is 0.00000242. The summed E-state index contributed by atoms with van der Waals surface area (Å²) in [4.78, 5) is 7.30. The van der Waals surface area contributed by atoms with E-state index in [2.05, 4.69) is 29.1 Å². The first kappa shape index (κ1) is 20.0. The van der Waals surface area contributed by atoms with Crippen LogP contribution in [0, 0.1) is 11.8 Å². The second-order valence-corrected chi connectivity index (χ2v) is 6.79. The Labute approximate surface area is 153 Å². The minimum absolute atomic E-state index is 0. The lowest BCUT2D eigenvalue weighted by molar-refractivity contribution is 0.172. The van der Waals surface area contributed by atoms with Crippen LogP contribution in [0.25, 0.3) is 0 Å². The Hall–Kier alpha value is -0.0400. The van der Waals surface area contributed by atoms with Crippen molar-refractivity contribution in [3.05, 3.63) is 0 Å². The molecule has 1 saturated carbocycles. The number of hydrogen-bond donors (Lipinski definition) is 2. The summed E-state index contributed by atoms with van der Waals surface area (Å²) >= 11 is 0. The van der Waals surface area contributed by atoms with Crippen LogP contribution in [0.2, 0.25) is 0 Å². The maximum atomic E-state index is 6.05. The maximum absolute atomic E-state index is 6.05. The predicted octanol–water partition coefficient (Wildman–Crippen LogP) is 3.21. The first-order valence-corrected chi connectivity index (χ1v) is 9.02. The fraction of sp³-hybridized carbons (Fsp3) is 0.941. The Bertz CT molecular complexity index is 319. The van der Waals surface area contributed by atoms with Crippen molar-refractivity contribution in [1.29, 1.82) is 0 Å². The maximum Gasteiger partial charge on any atom is 0.188 e. The van der Waals surface area contributed by atoms with E-state index in [4.69, 9.17) is 5.73 Å². The third kappa shape index (κ3) is 5.87. The number of guanidine groups is 1.